The average molecular weight is 238 g/mol. The van der Waals surface area contributed by atoms with Gasteiger partial charge in [-0.25, -0.2) is 0 Å². The van der Waals surface area contributed by atoms with Crippen molar-refractivity contribution in [2.24, 2.45) is 0 Å². The Morgan fingerprint density at radius 3 is 2.53 bits per heavy atom. The minimum Gasteiger partial charge on any atom is -1.00 e. The van der Waals surface area contributed by atoms with E-state index < -0.39 is 11.7 Å². The molecule has 2 rings (SSSR count). The number of hydrogen-bond acceptors (Lipinski definition) is 0. The Kier molecular flexibility index (Phi) is 3.62. The standard InChI is InChI=1S/C10H10F3N.ClH/c11-10(12,13)9-2-1-7-3-4-14-6-8(7)5-9;/h1-2,5,14H,3-4,6H2;1H. The number of alkyl halides is 3. The van der Waals surface area contributed by atoms with Gasteiger partial charge in [0.15, 0.2) is 0 Å². The molecule has 1 aromatic carbocycles. The lowest BCUT2D eigenvalue weighted by Gasteiger charge is -2.16. The highest BCUT2D eigenvalue weighted by atomic mass is 35.5. The summed E-state index contributed by atoms with van der Waals surface area (Å²) in [6.07, 6.45) is -3.35. The molecule has 0 spiro atoms. The van der Waals surface area contributed by atoms with E-state index in [1.54, 1.807) is 6.07 Å². The molecule has 15 heavy (non-hydrogen) atoms. The molecule has 0 saturated heterocycles. The van der Waals surface area contributed by atoms with Gasteiger partial charge in [0.25, 0.3) is 0 Å². The Bertz CT molecular complexity index is 349. The molecule has 1 aliphatic rings. The van der Waals surface area contributed by atoms with E-state index in [0.29, 0.717) is 6.54 Å². The maximum Gasteiger partial charge on any atom is 0.416 e. The second-order valence-corrected chi connectivity index (χ2v) is 3.51. The molecular weight excluding hydrogens is 227 g/mol. The molecular formula is C10H11ClF3N. The van der Waals surface area contributed by atoms with Crippen LogP contribution in [-0.4, -0.2) is 6.54 Å². The van der Waals surface area contributed by atoms with Gasteiger partial charge >= 0.3 is 6.18 Å². The summed E-state index contributed by atoms with van der Waals surface area (Å²) in [6, 6.07) is 4.04. The zero-order chi connectivity index (χ0) is 10.2. The van der Waals surface area contributed by atoms with E-state index in [1.807, 2.05) is 5.32 Å². The highest BCUT2D eigenvalue weighted by molar-refractivity contribution is 5.33. The summed E-state index contributed by atoms with van der Waals surface area (Å²) in [4.78, 5) is 0. The zero-order valence-corrected chi connectivity index (χ0v) is 8.70. The second-order valence-electron chi connectivity index (χ2n) is 3.51. The summed E-state index contributed by atoms with van der Waals surface area (Å²) in [5, 5.41) is 2.03. The van der Waals surface area contributed by atoms with Gasteiger partial charge in [0.1, 0.15) is 6.54 Å². The van der Waals surface area contributed by atoms with Crippen LogP contribution in [-0.2, 0) is 19.1 Å². The molecule has 0 atom stereocenters. The van der Waals surface area contributed by atoms with E-state index in [-0.39, 0.29) is 12.4 Å². The molecule has 0 aromatic heterocycles. The van der Waals surface area contributed by atoms with Crippen LogP contribution in [0.25, 0.3) is 0 Å². The third-order valence-electron chi connectivity index (χ3n) is 2.52. The molecule has 1 aliphatic heterocycles. The highest BCUT2D eigenvalue weighted by Crippen LogP contribution is 2.30. The van der Waals surface area contributed by atoms with E-state index in [1.165, 1.54) is 12.1 Å². The number of nitrogens with two attached hydrogens (primary N) is 1. The van der Waals surface area contributed by atoms with Gasteiger partial charge in [-0.2, -0.15) is 13.2 Å². The van der Waals surface area contributed by atoms with Crippen LogP contribution in [0.1, 0.15) is 16.7 Å². The van der Waals surface area contributed by atoms with Gasteiger partial charge < -0.3 is 17.7 Å². The van der Waals surface area contributed by atoms with E-state index in [9.17, 15) is 13.2 Å². The van der Waals surface area contributed by atoms with Gasteiger partial charge in [0.05, 0.1) is 12.1 Å². The molecule has 1 aromatic rings. The predicted molar refractivity (Wildman–Crippen MR) is 45.6 cm³/mol. The van der Waals surface area contributed by atoms with Crippen molar-refractivity contribution in [2.45, 2.75) is 19.1 Å². The van der Waals surface area contributed by atoms with Crippen LogP contribution in [0.15, 0.2) is 18.2 Å². The van der Waals surface area contributed by atoms with Gasteiger partial charge in [0.2, 0.25) is 0 Å². The van der Waals surface area contributed by atoms with Crippen molar-refractivity contribution in [3.63, 3.8) is 0 Å². The summed E-state index contributed by atoms with van der Waals surface area (Å²) < 4.78 is 37.0. The van der Waals surface area contributed by atoms with Gasteiger partial charge in [-0.3, -0.25) is 0 Å². The van der Waals surface area contributed by atoms with E-state index in [4.69, 9.17) is 0 Å². The fourth-order valence-corrected chi connectivity index (χ4v) is 1.75. The van der Waals surface area contributed by atoms with Crippen LogP contribution in [0.3, 0.4) is 0 Å². The minimum absolute atomic E-state index is 0. The Morgan fingerprint density at radius 2 is 1.87 bits per heavy atom. The van der Waals surface area contributed by atoms with Crippen LogP contribution in [0.2, 0.25) is 0 Å². The number of quaternary nitrogens is 1. The number of fused-ring (bicyclic) bond motifs is 1. The number of halogens is 4. The van der Waals surface area contributed by atoms with Crippen molar-refractivity contribution < 1.29 is 30.9 Å². The fourth-order valence-electron chi connectivity index (χ4n) is 1.75. The van der Waals surface area contributed by atoms with E-state index in [0.717, 1.165) is 24.1 Å². The minimum atomic E-state index is -4.22. The maximum absolute atomic E-state index is 12.3. The number of rotatable bonds is 0. The topological polar surface area (TPSA) is 16.6 Å². The molecule has 1 heterocycles. The summed E-state index contributed by atoms with van der Waals surface area (Å²) in [5.41, 5.74) is 1.35. The first-order valence-corrected chi connectivity index (χ1v) is 4.58. The SMILES string of the molecule is FC(F)(F)c1ccc2c(c1)C[NH2+]CC2.[Cl-]. The van der Waals surface area contributed by atoms with Crippen LogP contribution in [0, 0.1) is 0 Å². The predicted octanol–water partition coefficient (Wildman–Crippen LogP) is -1.67. The molecule has 2 N–H and O–H groups in total. The largest absolute Gasteiger partial charge is 1.00 e. The number of benzene rings is 1. The summed E-state index contributed by atoms with van der Waals surface area (Å²) in [5.74, 6) is 0. The molecule has 0 radical (unpaired) electrons. The third kappa shape index (κ3) is 2.63. The van der Waals surface area contributed by atoms with Crippen molar-refractivity contribution in [3.8, 4) is 0 Å². The lowest BCUT2D eigenvalue weighted by atomic mass is 9.98. The van der Waals surface area contributed by atoms with Crippen molar-refractivity contribution in [1.82, 2.24) is 0 Å². The normalized spacial score (nSPS) is 15.4. The molecule has 0 unspecified atom stereocenters. The quantitative estimate of drug-likeness (QED) is 0.556. The molecule has 0 saturated carbocycles. The van der Waals surface area contributed by atoms with E-state index >= 15 is 0 Å². The Labute approximate surface area is 92.1 Å². The maximum atomic E-state index is 12.3. The van der Waals surface area contributed by atoms with Crippen molar-refractivity contribution in [1.29, 1.82) is 0 Å². The first-order valence-electron chi connectivity index (χ1n) is 4.58. The summed E-state index contributed by atoms with van der Waals surface area (Å²) >= 11 is 0. The molecule has 0 amide bonds. The first kappa shape index (κ1) is 12.3. The van der Waals surface area contributed by atoms with Crippen molar-refractivity contribution >= 4 is 0 Å². The third-order valence-corrected chi connectivity index (χ3v) is 2.52. The summed E-state index contributed by atoms with van der Waals surface area (Å²) in [7, 11) is 0. The average Bonchev–Trinajstić information content (AvgIpc) is 2.16. The smallest absolute Gasteiger partial charge is 0.416 e. The van der Waals surface area contributed by atoms with Crippen LogP contribution in [0.4, 0.5) is 13.2 Å². The Morgan fingerprint density at radius 1 is 1.13 bits per heavy atom. The van der Waals surface area contributed by atoms with Gasteiger partial charge in [-0.15, -0.1) is 0 Å². The molecule has 0 aliphatic carbocycles. The van der Waals surface area contributed by atoms with Crippen LogP contribution in [0.5, 0.6) is 0 Å². The first-order chi connectivity index (χ1) is 6.57. The summed E-state index contributed by atoms with van der Waals surface area (Å²) in [6.45, 7) is 1.64. The Hall–Kier alpha value is -0.740. The lowest BCUT2D eigenvalue weighted by Crippen LogP contribution is -3.00. The lowest BCUT2D eigenvalue weighted by molar-refractivity contribution is -0.673. The molecule has 0 fully saturated rings. The van der Waals surface area contributed by atoms with Crippen molar-refractivity contribution in [2.75, 3.05) is 6.54 Å². The van der Waals surface area contributed by atoms with Crippen LogP contribution < -0.4 is 17.7 Å². The van der Waals surface area contributed by atoms with Crippen molar-refractivity contribution in [3.05, 3.63) is 34.9 Å². The number of hydrogen-bond donors (Lipinski definition) is 1. The molecule has 5 heteroatoms. The Balaban J connectivity index is 0.00000112. The van der Waals surface area contributed by atoms with Crippen LogP contribution >= 0.6 is 0 Å². The van der Waals surface area contributed by atoms with Gasteiger partial charge in [-0.1, -0.05) is 6.07 Å². The molecule has 1 nitrogen and oxygen atoms in total. The molecule has 84 valence electrons. The fraction of sp³-hybridized carbons (Fsp3) is 0.400. The van der Waals surface area contributed by atoms with E-state index in [2.05, 4.69) is 0 Å². The second kappa shape index (κ2) is 4.41. The molecule has 0 bridgehead atoms. The highest BCUT2D eigenvalue weighted by Gasteiger charge is 2.31. The van der Waals surface area contributed by atoms with Gasteiger partial charge in [0, 0.05) is 12.0 Å². The zero-order valence-electron chi connectivity index (χ0n) is 7.94. The van der Waals surface area contributed by atoms with Gasteiger partial charge in [-0.05, 0) is 17.7 Å². The monoisotopic (exact) mass is 237 g/mol.